The van der Waals surface area contributed by atoms with E-state index >= 15 is 0 Å². The van der Waals surface area contributed by atoms with E-state index in [0.717, 1.165) is 28.9 Å². The van der Waals surface area contributed by atoms with Crippen molar-refractivity contribution in [3.8, 4) is 11.3 Å². The summed E-state index contributed by atoms with van der Waals surface area (Å²) in [5, 5.41) is 2.53. The molecule has 4 rings (SSSR count). The summed E-state index contributed by atoms with van der Waals surface area (Å²) in [6, 6.07) is 19.3. The minimum absolute atomic E-state index is 0.939. The smallest absolute Gasteiger partial charge is 0.0946 e. The molecule has 0 fully saturated rings. The Morgan fingerprint density at radius 2 is 1.73 bits per heavy atom. The second-order valence-corrected chi connectivity index (χ2v) is 5.77. The van der Waals surface area contributed by atoms with Crippen molar-refractivity contribution in [2.45, 2.75) is 20.3 Å². The van der Waals surface area contributed by atoms with Gasteiger partial charge in [-0.15, -0.1) is 0 Å². The number of para-hydroxylation sites is 1. The van der Waals surface area contributed by atoms with Gasteiger partial charge in [0, 0.05) is 27.5 Å². The maximum absolute atomic E-state index is 4.88. The van der Waals surface area contributed by atoms with Gasteiger partial charge in [-0.1, -0.05) is 55.0 Å². The molecule has 2 heteroatoms. The molecule has 2 aromatic carbocycles. The fourth-order valence-corrected chi connectivity index (χ4v) is 3.00. The van der Waals surface area contributed by atoms with Gasteiger partial charge in [-0.2, -0.15) is 0 Å². The second kappa shape index (κ2) is 4.99. The van der Waals surface area contributed by atoms with E-state index < -0.39 is 0 Å². The quantitative estimate of drug-likeness (QED) is 0.535. The highest BCUT2D eigenvalue weighted by atomic mass is 14.8. The van der Waals surface area contributed by atoms with Gasteiger partial charge in [0.25, 0.3) is 0 Å². The first-order valence-corrected chi connectivity index (χ1v) is 7.73. The molecule has 2 nitrogen and oxygen atoms in total. The van der Waals surface area contributed by atoms with Crippen LogP contribution < -0.4 is 0 Å². The Morgan fingerprint density at radius 3 is 2.50 bits per heavy atom. The highest BCUT2D eigenvalue weighted by Crippen LogP contribution is 2.32. The van der Waals surface area contributed by atoms with E-state index in [4.69, 9.17) is 4.98 Å². The summed E-state index contributed by atoms with van der Waals surface area (Å²) in [5.41, 5.74) is 6.90. The van der Waals surface area contributed by atoms with Crippen LogP contribution in [0.25, 0.3) is 33.1 Å². The molecule has 0 aliphatic heterocycles. The normalized spacial score (nSPS) is 11.4. The summed E-state index contributed by atoms with van der Waals surface area (Å²) in [6.45, 7) is 4.26. The average Bonchev–Trinajstić information content (AvgIpc) is 2.93. The molecule has 0 spiro atoms. The first kappa shape index (κ1) is 13.1. The van der Waals surface area contributed by atoms with Crippen LogP contribution in [-0.4, -0.2) is 9.97 Å². The molecular weight excluding hydrogens is 268 g/mol. The van der Waals surface area contributed by atoms with Crippen molar-refractivity contribution in [2.75, 3.05) is 0 Å². The molecule has 0 saturated heterocycles. The van der Waals surface area contributed by atoms with Gasteiger partial charge in [-0.05, 0) is 25.5 Å². The molecule has 0 atom stereocenters. The van der Waals surface area contributed by atoms with E-state index in [1.165, 1.54) is 21.9 Å². The van der Waals surface area contributed by atoms with E-state index in [1.54, 1.807) is 0 Å². The number of rotatable bonds is 2. The largest absolute Gasteiger partial charge is 0.353 e. The van der Waals surface area contributed by atoms with Crippen LogP contribution in [0.2, 0.25) is 0 Å². The van der Waals surface area contributed by atoms with Gasteiger partial charge in [0.2, 0.25) is 0 Å². The van der Waals surface area contributed by atoms with E-state index in [1.807, 2.05) is 0 Å². The van der Waals surface area contributed by atoms with E-state index in [9.17, 15) is 0 Å². The Balaban J connectivity index is 2.10. The number of H-pyrrole nitrogens is 1. The first-order chi connectivity index (χ1) is 10.8. The zero-order valence-corrected chi connectivity index (χ0v) is 12.9. The van der Waals surface area contributed by atoms with Gasteiger partial charge in [-0.3, -0.25) is 4.98 Å². The third-order valence-corrected chi connectivity index (χ3v) is 4.24. The molecule has 2 heterocycles. The number of aryl methyl sites for hydroxylation is 2. The maximum Gasteiger partial charge on any atom is 0.0946 e. The minimum atomic E-state index is 0.939. The topological polar surface area (TPSA) is 28.7 Å². The predicted octanol–water partition coefficient (Wildman–Crippen LogP) is 5.25. The number of pyridine rings is 1. The van der Waals surface area contributed by atoms with Gasteiger partial charge >= 0.3 is 0 Å². The van der Waals surface area contributed by atoms with Gasteiger partial charge in [0.1, 0.15) is 0 Å². The molecule has 0 amide bonds. The standard InChI is InChI=1S/C20H18N2/c1-3-15-12-17-16-6-4-5-7-18(16)22-20(17)19(21-15)14-10-8-13(2)9-11-14/h4-12,22H,3H2,1-2H3. The predicted molar refractivity (Wildman–Crippen MR) is 93.2 cm³/mol. The van der Waals surface area contributed by atoms with Crippen LogP contribution in [0, 0.1) is 6.92 Å². The molecule has 0 radical (unpaired) electrons. The third-order valence-electron chi connectivity index (χ3n) is 4.24. The molecule has 0 aliphatic carbocycles. The summed E-state index contributed by atoms with van der Waals surface area (Å²) in [4.78, 5) is 8.43. The molecule has 0 saturated carbocycles. The number of aromatic amines is 1. The minimum Gasteiger partial charge on any atom is -0.353 e. The number of hydrogen-bond acceptors (Lipinski definition) is 1. The van der Waals surface area contributed by atoms with Gasteiger partial charge in [0.05, 0.1) is 11.2 Å². The number of nitrogens with one attached hydrogen (secondary N) is 1. The summed E-state index contributed by atoms with van der Waals surface area (Å²) >= 11 is 0. The molecule has 22 heavy (non-hydrogen) atoms. The number of aromatic nitrogens is 2. The monoisotopic (exact) mass is 286 g/mol. The number of nitrogens with zero attached hydrogens (tertiary/aromatic N) is 1. The van der Waals surface area contributed by atoms with E-state index in [-0.39, 0.29) is 0 Å². The number of fused-ring (bicyclic) bond motifs is 3. The molecular formula is C20H18N2. The SMILES string of the molecule is CCc1cc2c([nH]c3ccccc32)c(-c2ccc(C)cc2)n1. The third kappa shape index (κ3) is 2.00. The van der Waals surface area contributed by atoms with Crippen molar-refractivity contribution in [3.05, 3.63) is 65.9 Å². The van der Waals surface area contributed by atoms with Crippen LogP contribution in [0.3, 0.4) is 0 Å². The average molecular weight is 286 g/mol. The molecule has 0 bridgehead atoms. The van der Waals surface area contributed by atoms with Crippen LogP contribution in [0.5, 0.6) is 0 Å². The number of hydrogen-bond donors (Lipinski definition) is 1. The Morgan fingerprint density at radius 1 is 0.955 bits per heavy atom. The molecule has 108 valence electrons. The highest BCUT2D eigenvalue weighted by Gasteiger charge is 2.12. The molecule has 0 unspecified atom stereocenters. The van der Waals surface area contributed by atoms with Crippen molar-refractivity contribution in [2.24, 2.45) is 0 Å². The van der Waals surface area contributed by atoms with Crippen molar-refractivity contribution >= 4 is 21.8 Å². The van der Waals surface area contributed by atoms with Crippen LogP contribution in [0.15, 0.2) is 54.6 Å². The van der Waals surface area contributed by atoms with Gasteiger partial charge in [0.15, 0.2) is 0 Å². The zero-order valence-electron chi connectivity index (χ0n) is 12.9. The lowest BCUT2D eigenvalue weighted by atomic mass is 10.0. The Labute approximate surface area is 129 Å². The van der Waals surface area contributed by atoms with Crippen molar-refractivity contribution in [1.82, 2.24) is 9.97 Å². The summed E-state index contributed by atoms with van der Waals surface area (Å²) in [5.74, 6) is 0. The van der Waals surface area contributed by atoms with Crippen molar-refractivity contribution < 1.29 is 0 Å². The van der Waals surface area contributed by atoms with Gasteiger partial charge < -0.3 is 4.98 Å². The highest BCUT2D eigenvalue weighted by molar-refractivity contribution is 6.11. The summed E-state index contributed by atoms with van der Waals surface area (Å²) in [7, 11) is 0. The molecule has 2 aromatic heterocycles. The van der Waals surface area contributed by atoms with Gasteiger partial charge in [-0.25, -0.2) is 0 Å². The lowest BCUT2D eigenvalue weighted by Crippen LogP contribution is -1.92. The number of benzene rings is 2. The summed E-state index contributed by atoms with van der Waals surface area (Å²) in [6.07, 6.45) is 0.939. The molecule has 4 aromatic rings. The van der Waals surface area contributed by atoms with Crippen LogP contribution in [0.4, 0.5) is 0 Å². The zero-order chi connectivity index (χ0) is 15.1. The van der Waals surface area contributed by atoms with Crippen molar-refractivity contribution in [1.29, 1.82) is 0 Å². The maximum atomic E-state index is 4.88. The van der Waals surface area contributed by atoms with Crippen molar-refractivity contribution in [3.63, 3.8) is 0 Å². The summed E-state index contributed by atoms with van der Waals surface area (Å²) < 4.78 is 0. The Kier molecular flexibility index (Phi) is 2.97. The van der Waals surface area contributed by atoms with E-state index in [2.05, 4.69) is 73.4 Å². The fraction of sp³-hybridized carbons (Fsp3) is 0.150. The molecule has 1 N–H and O–H groups in total. The van der Waals surface area contributed by atoms with Crippen LogP contribution >= 0.6 is 0 Å². The lowest BCUT2D eigenvalue weighted by molar-refractivity contribution is 1.05. The van der Waals surface area contributed by atoms with Crippen LogP contribution in [-0.2, 0) is 6.42 Å². The van der Waals surface area contributed by atoms with Crippen LogP contribution in [0.1, 0.15) is 18.2 Å². The Bertz CT molecular complexity index is 962. The lowest BCUT2D eigenvalue weighted by Gasteiger charge is -2.06. The first-order valence-electron chi connectivity index (χ1n) is 7.73. The van der Waals surface area contributed by atoms with E-state index in [0.29, 0.717) is 0 Å². The fourth-order valence-electron chi connectivity index (χ4n) is 3.00. The molecule has 0 aliphatic rings. The Hall–Kier alpha value is -2.61. The second-order valence-electron chi connectivity index (χ2n) is 5.77.